The number of H-pyrrole nitrogens is 2. The number of hydrogen-bond acceptors (Lipinski definition) is 5. The molecule has 3 heterocycles. The standard InChI is InChI=1S/C20H19FN6O2/c21-12-2-1-3-14-16(12)18(22)17(20(28)25-14)19-23-13-5-4-11(10-15(13)24-19)26-6-8-27(29)9-7-26/h1-5,10,27H,6-9H2,(H,23,24)(H3,22,25,28). The van der Waals surface area contributed by atoms with Crippen molar-refractivity contribution in [3.05, 3.63) is 57.8 Å². The topological polar surface area (TPSA) is 118 Å². The summed E-state index contributed by atoms with van der Waals surface area (Å²) in [5.41, 5.74) is 8.63. The Hall–Kier alpha value is -3.43. The summed E-state index contributed by atoms with van der Waals surface area (Å²) in [4.78, 5) is 25.1. The molecule has 29 heavy (non-hydrogen) atoms. The number of nitrogens with one attached hydrogen (secondary N) is 3. The Morgan fingerprint density at radius 2 is 1.93 bits per heavy atom. The van der Waals surface area contributed by atoms with Gasteiger partial charge in [0.15, 0.2) is 0 Å². The van der Waals surface area contributed by atoms with Crippen LogP contribution in [0.15, 0.2) is 41.2 Å². The van der Waals surface area contributed by atoms with Crippen LogP contribution < -0.4 is 21.3 Å². The molecule has 0 aliphatic carbocycles. The van der Waals surface area contributed by atoms with Crippen LogP contribution in [0.1, 0.15) is 0 Å². The van der Waals surface area contributed by atoms with Crippen molar-refractivity contribution in [2.45, 2.75) is 0 Å². The maximum absolute atomic E-state index is 14.3. The molecule has 0 bridgehead atoms. The molecule has 1 fully saturated rings. The number of fused-ring (bicyclic) bond motifs is 2. The molecule has 2 aromatic carbocycles. The Morgan fingerprint density at radius 1 is 1.14 bits per heavy atom. The van der Waals surface area contributed by atoms with Crippen LogP contribution in [0.4, 0.5) is 15.8 Å². The average molecular weight is 394 g/mol. The molecule has 0 spiro atoms. The van der Waals surface area contributed by atoms with Crippen LogP contribution in [0, 0.1) is 11.0 Å². The molecular weight excluding hydrogens is 375 g/mol. The predicted octanol–water partition coefficient (Wildman–Crippen LogP) is 0.995. The Balaban J connectivity index is 1.61. The number of aromatic nitrogens is 3. The molecule has 5 rings (SSSR count). The van der Waals surface area contributed by atoms with Crippen molar-refractivity contribution in [1.29, 1.82) is 0 Å². The van der Waals surface area contributed by atoms with Crippen molar-refractivity contribution in [2.75, 3.05) is 36.8 Å². The van der Waals surface area contributed by atoms with E-state index >= 15 is 0 Å². The molecule has 2 aromatic heterocycles. The quantitative estimate of drug-likeness (QED) is 0.378. The lowest BCUT2D eigenvalue weighted by atomic mass is 10.1. The van der Waals surface area contributed by atoms with Gasteiger partial charge in [0.1, 0.15) is 17.2 Å². The zero-order valence-electron chi connectivity index (χ0n) is 15.5. The number of piperazine rings is 1. The van der Waals surface area contributed by atoms with Crippen molar-refractivity contribution >= 4 is 33.3 Å². The molecule has 5 N–H and O–H groups in total. The predicted molar refractivity (Wildman–Crippen MR) is 110 cm³/mol. The molecular formula is C20H19FN6O2. The maximum Gasteiger partial charge on any atom is 0.261 e. The van der Waals surface area contributed by atoms with E-state index in [1.165, 1.54) is 12.1 Å². The van der Waals surface area contributed by atoms with Crippen LogP contribution in [0.25, 0.3) is 33.3 Å². The first-order valence-corrected chi connectivity index (χ1v) is 9.38. The van der Waals surface area contributed by atoms with E-state index in [4.69, 9.17) is 5.73 Å². The number of pyridine rings is 1. The van der Waals surface area contributed by atoms with Crippen LogP contribution in [-0.4, -0.2) is 41.1 Å². The first-order valence-electron chi connectivity index (χ1n) is 9.38. The van der Waals surface area contributed by atoms with Crippen molar-refractivity contribution in [3.8, 4) is 11.4 Å². The van der Waals surface area contributed by atoms with E-state index in [0.717, 1.165) is 11.2 Å². The van der Waals surface area contributed by atoms with E-state index in [1.807, 2.05) is 18.2 Å². The fourth-order valence-corrected chi connectivity index (χ4v) is 3.90. The molecule has 8 nitrogen and oxygen atoms in total. The third-order valence-corrected chi connectivity index (χ3v) is 5.42. The van der Waals surface area contributed by atoms with Crippen molar-refractivity contribution < 1.29 is 9.45 Å². The highest BCUT2D eigenvalue weighted by molar-refractivity contribution is 5.98. The number of aromatic amines is 2. The number of nitrogens with zero attached hydrogens (tertiary/aromatic N) is 2. The van der Waals surface area contributed by atoms with Gasteiger partial charge in [-0.15, -0.1) is 0 Å². The average Bonchev–Trinajstić information content (AvgIpc) is 3.11. The molecule has 0 atom stereocenters. The molecule has 0 amide bonds. The summed E-state index contributed by atoms with van der Waals surface area (Å²) in [6.07, 6.45) is 0. The SMILES string of the molecule is Nc1c(-c2nc3ccc(N4CC[NH+]([O-])CC4)cc3[nH]2)c(=O)[nH]c2cccc(F)c12. The number of benzene rings is 2. The zero-order chi connectivity index (χ0) is 20.1. The monoisotopic (exact) mass is 394 g/mol. The third-order valence-electron chi connectivity index (χ3n) is 5.42. The van der Waals surface area contributed by atoms with Gasteiger partial charge in [0.05, 0.1) is 53.8 Å². The smallest absolute Gasteiger partial charge is 0.261 e. The summed E-state index contributed by atoms with van der Waals surface area (Å²) >= 11 is 0. The highest BCUT2D eigenvalue weighted by atomic mass is 19.1. The largest absolute Gasteiger partial charge is 0.634 e. The molecule has 148 valence electrons. The normalized spacial score (nSPS) is 15.4. The first kappa shape index (κ1) is 17.7. The van der Waals surface area contributed by atoms with Gasteiger partial charge in [-0.2, -0.15) is 0 Å². The summed E-state index contributed by atoms with van der Waals surface area (Å²) in [5.74, 6) is -0.217. The molecule has 0 saturated carbocycles. The number of hydrogen-bond donors (Lipinski definition) is 4. The molecule has 4 aromatic rings. The third kappa shape index (κ3) is 2.91. The van der Waals surface area contributed by atoms with E-state index in [1.54, 1.807) is 6.07 Å². The summed E-state index contributed by atoms with van der Waals surface area (Å²) in [6, 6.07) is 10.2. The fraction of sp³-hybridized carbons (Fsp3) is 0.200. The Kier molecular flexibility index (Phi) is 4.00. The lowest BCUT2D eigenvalue weighted by Crippen LogP contribution is -3.10. The molecule has 1 aliphatic rings. The molecule has 1 saturated heterocycles. The van der Waals surface area contributed by atoms with Crippen LogP contribution in [0.3, 0.4) is 0 Å². The molecule has 1 aliphatic heterocycles. The van der Waals surface area contributed by atoms with Crippen LogP contribution in [-0.2, 0) is 0 Å². The summed E-state index contributed by atoms with van der Waals surface area (Å²) in [6.45, 7) is 2.45. The Labute approximate surface area is 164 Å². The minimum atomic E-state index is -0.504. The highest BCUT2D eigenvalue weighted by Gasteiger charge is 2.19. The lowest BCUT2D eigenvalue weighted by Gasteiger charge is -2.35. The van der Waals surface area contributed by atoms with Crippen LogP contribution in [0.2, 0.25) is 0 Å². The van der Waals surface area contributed by atoms with Crippen LogP contribution >= 0.6 is 0 Å². The minimum absolute atomic E-state index is 0.0515. The number of nitrogens with two attached hydrogens (primary N) is 1. The molecule has 9 heteroatoms. The van der Waals surface area contributed by atoms with Gasteiger partial charge in [-0.05, 0) is 30.3 Å². The van der Waals surface area contributed by atoms with Gasteiger partial charge in [0, 0.05) is 5.69 Å². The second kappa shape index (κ2) is 6.57. The van der Waals surface area contributed by atoms with E-state index in [-0.39, 0.29) is 27.5 Å². The maximum atomic E-state index is 14.3. The number of halogens is 1. The van der Waals surface area contributed by atoms with Gasteiger partial charge in [-0.1, -0.05) is 6.07 Å². The number of quaternary nitrogens is 1. The van der Waals surface area contributed by atoms with Gasteiger partial charge >= 0.3 is 0 Å². The number of hydroxylamine groups is 2. The Morgan fingerprint density at radius 3 is 2.72 bits per heavy atom. The number of imidazole rings is 1. The van der Waals surface area contributed by atoms with Gasteiger partial charge in [0.25, 0.3) is 5.56 Å². The first-order chi connectivity index (χ1) is 14.0. The second-order valence-electron chi connectivity index (χ2n) is 7.22. The highest BCUT2D eigenvalue weighted by Crippen LogP contribution is 2.30. The lowest BCUT2D eigenvalue weighted by molar-refractivity contribution is -0.848. The summed E-state index contributed by atoms with van der Waals surface area (Å²) in [5, 5.41) is 11.9. The van der Waals surface area contributed by atoms with Gasteiger partial charge < -0.3 is 30.9 Å². The fourth-order valence-electron chi connectivity index (χ4n) is 3.90. The van der Waals surface area contributed by atoms with Gasteiger partial charge in [-0.25, -0.2) is 9.37 Å². The molecule has 0 unspecified atom stereocenters. The minimum Gasteiger partial charge on any atom is -0.634 e. The van der Waals surface area contributed by atoms with E-state index in [0.29, 0.717) is 37.2 Å². The summed E-state index contributed by atoms with van der Waals surface area (Å²) < 4.78 is 14.3. The van der Waals surface area contributed by atoms with E-state index < -0.39 is 11.4 Å². The number of anilines is 2. The Bertz CT molecular complexity index is 1290. The summed E-state index contributed by atoms with van der Waals surface area (Å²) in [7, 11) is 0. The number of rotatable bonds is 2. The van der Waals surface area contributed by atoms with Crippen molar-refractivity contribution in [2.24, 2.45) is 0 Å². The molecule has 0 radical (unpaired) electrons. The van der Waals surface area contributed by atoms with Crippen LogP contribution in [0.5, 0.6) is 0 Å². The number of nitrogen functional groups attached to an aromatic ring is 1. The zero-order valence-corrected chi connectivity index (χ0v) is 15.5. The van der Waals surface area contributed by atoms with E-state index in [9.17, 15) is 14.4 Å². The van der Waals surface area contributed by atoms with Gasteiger partial charge in [-0.3, -0.25) is 4.79 Å². The van der Waals surface area contributed by atoms with Crippen molar-refractivity contribution in [3.63, 3.8) is 0 Å². The van der Waals surface area contributed by atoms with Gasteiger partial charge in [0.2, 0.25) is 0 Å². The van der Waals surface area contributed by atoms with E-state index in [2.05, 4.69) is 19.9 Å². The second-order valence-corrected chi connectivity index (χ2v) is 7.22. The van der Waals surface area contributed by atoms with Crippen molar-refractivity contribution in [1.82, 2.24) is 15.0 Å².